The Balaban J connectivity index is 1.72. The van der Waals surface area contributed by atoms with Crippen molar-refractivity contribution in [3.05, 3.63) is 45.7 Å². The van der Waals surface area contributed by atoms with Crippen LogP contribution in [0.2, 0.25) is 0 Å². The van der Waals surface area contributed by atoms with Crippen LogP contribution >= 0.6 is 0 Å². The Morgan fingerprint density at radius 2 is 1.78 bits per heavy atom. The normalized spacial score (nSPS) is 30.8. The second-order valence-electron chi connectivity index (χ2n) is 10.8. The zero-order chi connectivity index (χ0) is 26.1. The Labute approximate surface area is 208 Å². The van der Waals surface area contributed by atoms with Gasteiger partial charge in [-0.05, 0) is 67.8 Å². The van der Waals surface area contributed by atoms with Crippen LogP contribution in [0.25, 0.3) is 5.76 Å². The number of fused-ring (bicyclic) bond motifs is 3. The first-order valence-corrected chi connectivity index (χ1v) is 12.6. The maximum Gasteiger partial charge on any atom is 0.255 e. The van der Waals surface area contributed by atoms with Crippen LogP contribution in [0, 0.1) is 11.8 Å². The molecule has 4 aliphatic rings. The van der Waals surface area contributed by atoms with Crippen LogP contribution < -0.4 is 5.73 Å². The third-order valence-corrected chi connectivity index (χ3v) is 8.49. The number of ketones is 2. The summed E-state index contributed by atoms with van der Waals surface area (Å²) in [5, 5.41) is 44.7. The summed E-state index contributed by atoms with van der Waals surface area (Å²) in [4.78, 5) is 41.6. The number of amides is 1. The van der Waals surface area contributed by atoms with Crippen LogP contribution in [-0.2, 0) is 20.8 Å². The average Bonchev–Trinajstić information content (AvgIpc) is 2.82. The highest BCUT2D eigenvalue weighted by Crippen LogP contribution is 2.53. The molecule has 0 aromatic heterocycles. The molecule has 0 spiro atoms. The van der Waals surface area contributed by atoms with Gasteiger partial charge in [0.15, 0.2) is 11.4 Å². The summed E-state index contributed by atoms with van der Waals surface area (Å²) in [6.07, 6.45) is 3.07. The summed E-state index contributed by atoms with van der Waals surface area (Å²) in [6, 6.07) is 2.26. The molecular formula is C27H32N2O7. The molecule has 1 aromatic carbocycles. The Bertz CT molecular complexity index is 1240. The van der Waals surface area contributed by atoms with Gasteiger partial charge < -0.3 is 26.2 Å². The highest BCUT2D eigenvalue weighted by atomic mass is 16.3. The molecule has 9 heteroatoms. The molecule has 0 radical (unpaired) electrons. The zero-order valence-electron chi connectivity index (χ0n) is 20.5. The molecule has 1 saturated heterocycles. The van der Waals surface area contributed by atoms with Crippen molar-refractivity contribution in [1.29, 1.82) is 0 Å². The second-order valence-corrected chi connectivity index (χ2v) is 10.8. The fraction of sp³-hybridized carbons (Fsp3) is 0.519. The number of primary amides is 1. The number of piperidine rings is 1. The van der Waals surface area contributed by atoms with Crippen molar-refractivity contribution >= 4 is 23.2 Å². The average molecular weight is 497 g/mol. The monoisotopic (exact) mass is 496 g/mol. The lowest BCUT2D eigenvalue weighted by molar-refractivity contribution is -0.155. The van der Waals surface area contributed by atoms with Gasteiger partial charge in [-0.2, -0.15) is 0 Å². The summed E-state index contributed by atoms with van der Waals surface area (Å²) in [5.41, 5.74) is 3.76. The molecule has 192 valence electrons. The lowest BCUT2D eigenvalue weighted by Gasteiger charge is -2.51. The highest BCUT2D eigenvalue weighted by Gasteiger charge is 2.64. The van der Waals surface area contributed by atoms with Gasteiger partial charge in [-0.15, -0.1) is 0 Å². The third-order valence-electron chi connectivity index (χ3n) is 8.49. The van der Waals surface area contributed by atoms with Gasteiger partial charge in [0, 0.05) is 11.5 Å². The molecule has 3 aliphatic carbocycles. The van der Waals surface area contributed by atoms with Gasteiger partial charge in [0.25, 0.3) is 5.91 Å². The summed E-state index contributed by atoms with van der Waals surface area (Å²) in [5.74, 6) is -6.03. The molecule has 1 amide bonds. The SMILES string of the molecule is CC(C)c1ccc(O)c2c1C[C@H]1C[C@H]3[C@@H](N4CCCCC4)C(=O)C(C(N)=O)=C(O)[C@@]3(O)C(=O)C1=C2O. The molecule has 1 aromatic rings. The van der Waals surface area contributed by atoms with E-state index in [1.807, 2.05) is 18.7 Å². The van der Waals surface area contributed by atoms with Gasteiger partial charge in [-0.1, -0.05) is 26.3 Å². The van der Waals surface area contributed by atoms with Crippen LogP contribution in [0.15, 0.2) is 29.0 Å². The number of nitrogens with two attached hydrogens (primary N) is 1. The number of hydrogen-bond acceptors (Lipinski definition) is 8. The quantitative estimate of drug-likeness (QED) is 0.397. The van der Waals surface area contributed by atoms with Gasteiger partial charge in [0.05, 0.1) is 11.6 Å². The number of Topliss-reactive ketones (excluding diaryl/α,β-unsaturated/α-hetero) is 2. The van der Waals surface area contributed by atoms with Crippen molar-refractivity contribution in [2.45, 2.75) is 63.5 Å². The number of likely N-dealkylation sites (tertiary alicyclic amines) is 1. The van der Waals surface area contributed by atoms with Crippen molar-refractivity contribution in [2.75, 3.05) is 13.1 Å². The number of carbonyl (C=O) groups is 3. The zero-order valence-corrected chi connectivity index (χ0v) is 20.5. The minimum Gasteiger partial charge on any atom is -0.508 e. The number of aromatic hydroxyl groups is 1. The molecule has 2 fully saturated rings. The second kappa shape index (κ2) is 8.45. The van der Waals surface area contributed by atoms with Gasteiger partial charge in [0.1, 0.15) is 22.8 Å². The van der Waals surface area contributed by atoms with Crippen LogP contribution in [0.1, 0.15) is 62.1 Å². The van der Waals surface area contributed by atoms with Crippen molar-refractivity contribution in [1.82, 2.24) is 4.90 Å². The van der Waals surface area contributed by atoms with E-state index in [9.17, 15) is 34.8 Å². The van der Waals surface area contributed by atoms with Crippen LogP contribution in [0.3, 0.4) is 0 Å². The molecule has 4 atom stereocenters. The first-order valence-electron chi connectivity index (χ1n) is 12.6. The van der Waals surface area contributed by atoms with Crippen molar-refractivity contribution in [2.24, 2.45) is 17.6 Å². The number of aliphatic hydroxyl groups excluding tert-OH is 2. The molecule has 5 rings (SSSR count). The van der Waals surface area contributed by atoms with Crippen molar-refractivity contribution < 1.29 is 34.8 Å². The Kier molecular flexibility index (Phi) is 5.76. The molecule has 36 heavy (non-hydrogen) atoms. The summed E-state index contributed by atoms with van der Waals surface area (Å²) in [7, 11) is 0. The molecule has 0 unspecified atom stereocenters. The predicted octanol–water partition coefficient (Wildman–Crippen LogP) is 2.01. The van der Waals surface area contributed by atoms with E-state index >= 15 is 0 Å². The minimum absolute atomic E-state index is 0.0902. The van der Waals surface area contributed by atoms with Gasteiger partial charge in [-0.3, -0.25) is 19.3 Å². The number of hydrogen-bond donors (Lipinski definition) is 5. The maximum absolute atomic E-state index is 14.0. The number of nitrogens with zero attached hydrogens (tertiary/aromatic N) is 1. The van der Waals surface area contributed by atoms with E-state index in [-0.39, 0.29) is 29.2 Å². The van der Waals surface area contributed by atoms with Gasteiger partial charge in [-0.25, -0.2) is 0 Å². The molecule has 1 saturated carbocycles. The minimum atomic E-state index is -2.59. The fourth-order valence-electron chi connectivity index (χ4n) is 6.83. The molecular weight excluding hydrogens is 464 g/mol. The first-order chi connectivity index (χ1) is 17.0. The molecule has 1 aliphatic heterocycles. The number of phenols is 1. The van der Waals surface area contributed by atoms with Crippen molar-refractivity contribution in [3.8, 4) is 5.75 Å². The molecule has 9 nitrogen and oxygen atoms in total. The Hall–Kier alpha value is -3.17. The molecule has 6 N–H and O–H groups in total. The summed E-state index contributed by atoms with van der Waals surface area (Å²) >= 11 is 0. The Morgan fingerprint density at radius 3 is 2.39 bits per heavy atom. The van der Waals surface area contributed by atoms with Gasteiger partial charge >= 0.3 is 0 Å². The number of carbonyl (C=O) groups excluding carboxylic acids is 3. The fourth-order valence-corrected chi connectivity index (χ4v) is 6.83. The van der Waals surface area contributed by atoms with E-state index in [0.717, 1.165) is 30.4 Å². The van der Waals surface area contributed by atoms with Gasteiger partial charge in [0.2, 0.25) is 5.78 Å². The number of rotatable bonds is 3. The lowest BCUT2D eigenvalue weighted by Crippen LogP contribution is -2.67. The van der Waals surface area contributed by atoms with E-state index in [1.165, 1.54) is 6.07 Å². The van der Waals surface area contributed by atoms with E-state index in [4.69, 9.17) is 5.73 Å². The van der Waals surface area contributed by atoms with Crippen LogP contribution in [-0.4, -0.2) is 67.5 Å². The first kappa shape index (κ1) is 24.5. The maximum atomic E-state index is 14.0. The largest absolute Gasteiger partial charge is 0.508 e. The highest BCUT2D eigenvalue weighted by molar-refractivity contribution is 6.24. The summed E-state index contributed by atoms with van der Waals surface area (Å²) < 4.78 is 0. The number of benzene rings is 1. The standard InChI is InChI=1S/C27H32N2O7/c1-12(2)14-6-7-17(30)19-15(14)10-13-11-16-21(29-8-4-3-5-9-29)23(32)20(26(28)35)25(34)27(16,36)24(33)18(13)22(19)31/h6-7,12-13,16,21,30-31,34,36H,3-5,8-11H2,1-2H3,(H2,28,35)/t13-,16-,21+,27-/m0/s1. The molecule has 0 bridgehead atoms. The van der Waals surface area contributed by atoms with Crippen molar-refractivity contribution in [3.63, 3.8) is 0 Å². The van der Waals surface area contributed by atoms with E-state index < -0.39 is 58.0 Å². The smallest absolute Gasteiger partial charge is 0.255 e. The number of aliphatic hydroxyl groups is 3. The molecule has 1 heterocycles. The predicted molar refractivity (Wildman–Crippen MR) is 130 cm³/mol. The van der Waals surface area contributed by atoms with E-state index in [0.29, 0.717) is 19.5 Å². The topological polar surface area (TPSA) is 161 Å². The summed E-state index contributed by atoms with van der Waals surface area (Å²) in [6.45, 7) is 5.09. The van der Waals surface area contributed by atoms with E-state index in [1.54, 1.807) is 6.07 Å². The van der Waals surface area contributed by atoms with E-state index in [2.05, 4.69) is 0 Å². The van der Waals surface area contributed by atoms with Crippen LogP contribution in [0.5, 0.6) is 5.75 Å². The Morgan fingerprint density at radius 1 is 1.11 bits per heavy atom. The third kappa shape index (κ3) is 3.25. The van der Waals surface area contributed by atoms with Crippen LogP contribution in [0.4, 0.5) is 0 Å². The lowest BCUT2D eigenvalue weighted by atomic mass is 9.57. The number of phenolic OH excluding ortho intramolecular Hbond substituents is 1.